The molecule has 3 rings (SSSR count). The first-order valence-corrected chi connectivity index (χ1v) is 8.18. The van der Waals surface area contributed by atoms with Gasteiger partial charge in [0.15, 0.2) is 5.82 Å². The van der Waals surface area contributed by atoms with Crippen LogP contribution in [0.15, 0.2) is 30.3 Å². The Morgan fingerprint density at radius 3 is 2.75 bits per heavy atom. The van der Waals surface area contributed by atoms with Crippen molar-refractivity contribution in [1.29, 1.82) is 0 Å². The van der Waals surface area contributed by atoms with Crippen LogP contribution in [-0.2, 0) is 14.9 Å². The van der Waals surface area contributed by atoms with Gasteiger partial charge in [-0.15, -0.1) is 0 Å². The Balaban J connectivity index is 1.72. The van der Waals surface area contributed by atoms with E-state index in [-0.39, 0.29) is 11.7 Å². The van der Waals surface area contributed by atoms with E-state index in [0.717, 1.165) is 31.7 Å². The molecule has 2 N–H and O–H groups in total. The molecule has 0 aliphatic carbocycles. The van der Waals surface area contributed by atoms with Gasteiger partial charge in [0.1, 0.15) is 5.82 Å². The Bertz CT molecular complexity index is 721. The van der Waals surface area contributed by atoms with Crippen LogP contribution in [0, 0.1) is 5.82 Å². The average molecular weight is 331 g/mol. The number of hydrogen-bond donors (Lipinski definition) is 2. The first-order valence-electron chi connectivity index (χ1n) is 8.18. The highest BCUT2D eigenvalue weighted by Gasteiger charge is 2.32. The molecule has 1 aliphatic heterocycles. The molecule has 1 amide bonds. The third-order valence-electron chi connectivity index (χ3n) is 4.62. The van der Waals surface area contributed by atoms with Crippen molar-refractivity contribution in [2.45, 2.75) is 38.0 Å². The lowest BCUT2D eigenvalue weighted by Crippen LogP contribution is -2.35. The Morgan fingerprint density at radius 2 is 2.04 bits per heavy atom. The number of nitrogens with one attached hydrogen (secondary N) is 2. The molecule has 0 radical (unpaired) electrons. The number of nitrogens with zero attached hydrogens (tertiary/aromatic N) is 1. The largest absolute Gasteiger partial charge is 0.381 e. The molecule has 128 valence electrons. The molecule has 1 aromatic heterocycles. The van der Waals surface area contributed by atoms with Crippen LogP contribution in [-0.4, -0.2) is 29.3 Å². The van der Waals surface area contributed by atoms with E-state index in [1.54, 1.807) is 32.0 Å². The summed E-state index contributed by atoms with van der Waals surface area (Å²) in [5.74, 6) is 0.155. The predicted octanol–water partition coefficient (Wildman–Crippen LogP) is 3.36. The summed E-state index contributed by atoms with van der Waals surface area (Å²) in [5.41, 5.74) is 0.364. The number of anilines is 1. The third kappa shape index (κ3) is 3.33. The van der Waals surface area contributed by atoms with Crippen LogP contribution in [0.3, 0.4) is 0 Å². The SMILES string of the molecule is CC(C)(C(=O)Nc1cc(C2CCOCC2)[nH]n1)c1ccccc1F. The molecule has 0 atom stereocenters. The second-order valence-electron chi connectivity index (χ2n) is 6.65. The molecule has 1 saturated heterocycles. The number of hydrogen-bond acceptors (Lipinski definition) is 3. The standard InChI is InChI=1S/C18H22FN3O2/c1-18(2,13-5-3-4-6-14(13)19)17(23)20-16-11-15(21-22-16)12-7-9-24-10-8-12/h3-6,11-12H,7-10H2,1-2H3,(H2,20,21,22,23). The van der Waals surface area contributed by atoms with Crippen molar-refractivity contribution in [3.8, 4) is 0 Å². The highest BCUT2D eigenvalue weighted by atomic mass is 19.1. The van der Waals surface area contributed by atoms with Gasteiger partial charge in [-0.1, -0.05) is 18.2 Å². The van der Waals surface area contributed by atoms with Crippen LogP contribution in [0.4, 0.5) is 10.2 Å². The lowest BCUT2D eigenvalue weighted by Gasteiger charge is -2.24. The number of H-pyrrole nitrogens is 1. The van der Waals surface area contributed by atoms with Gasteiger partial charge in [0.2, 0.25) is 5.91 Å². The van der Waals surface area contributed by atoms with Crippen molar-refractivity contribution in [1.82, 2.24) is 10.2 Å². The summed E-state index contributed by atoms with van der Waals surface area (Å²) in [5, 5.41) is 9.95. The average Bonchev–Trinajstić information content (AvgIpc) is 3.04. The molecule has 1 aliphatic rings. The molecular weight excluding hydrogens is 309 g/mol. The van der Waals surface area contributed by atoms with Gasteiger partial charge < -0.3 is 10.1 Å². The molecule has 0 saturated carbocycles. The minimum atomic E-state index is -0.997. The Morgan fingerprint density at radius 1 is 1.33 bits per heavy atom. The fourth-order valence-electron chi connectivity index (χ4n) is 2.98. The molecule has 1 aromatic carbocycles. The van der Waals surface area contributed by atoms with Crippen LogP contribution in [0.1, 0.15) is 43.9 Å². The fourth-order valence-corrected chi connectivity index (χ4v) is 2.98. The molecule has 5 nitrogen and oxygen atoms in total. The summed E-state index contributed by atoms with van der Waals surface area (Å²) in [7, 11) is 0. The first-order chi connectivity index (χ1) is 11.5. The number of halogens is 1. The van der Waals surface area contributed by atoms with Crippen molar-refractivity contribution >= 4 is 11.7 Å². The highest BCUT2D eigenvalue weighted by molar-refractivity contribution is 5.98. The maximum absolute atomic E-state index is 14.0. The molecule has 2 aromatic rings. The number of amides is 1. The van der Waals surface area contributed by atoms with Crippen molar-refractivity contribution in [2.75, 3.05) is 18.5 Å². The smallest absolute Gasteiger partial charge is 0.235 e. The maximum atomic E-state index is 14.0. The van der Waals surface area contributed by atoms with Gasteiger partial charge in [-0.25, -0.2) is 4.39 Å². The van der Waals surface area contributed by atoms with Crippen molar-refractivity contribution in [2.24, 2.45) is 0 Å². The number of carbonyl (C=O) groups is 1. The molecule has 6 heteroatoms. The van der Waals surface area contributed by atoms with Crippen molar-refractivity contribution < 1.29 is 13.9 Å². The number of benzene rings is 1. The number of carbonyl (C=O) groups excluding carboxylic acids is 1. The molecular formula is C18H22FN3O2. The zero-order valence-electron chi connectivity index (χ0n) is 13.9. The van der Waals surface area contributed by atoms with Crippen molar-refractivity contribution in [3.05, 3.63) is 47.4 Å². The van der Waals surface area contributed by atoms with E-state index in [0.29, 0.717) is 17.3 Å². The van der Waals surface area contributed by atoms with Gasteiger partial charge >= 0.3 is 0 Å². The van der Waals surface area contributed by atoms with E-state index in [1.165, 1.54) is 6.07 Å². The van der Waals surface area contributed by atoms with Crippen LogP contribution in [0.5, 0.6) is 0 Å². The van der Waals surface area contributed by atoms with Gasteiger partial charge in [0.05, 0.1) is 5.41 Å². The molecule has 0 unspecified atom stereocenters. The van der Waals surface area contributed by atoms with Crippen LogP contribution < -0.4 is 5.32 Å². The molecule has 1 fully saturated rings. The monoisotopic (exact) mass is 331 g/mol. The lowest BCUT2D eigenvalue weighted by molar-refractivity contribution is -0.120. The van der Waals surface area contributed by atoms with Gasteiger partial charge in [-0.2, -0.15) is 5.10 Å². The van der Waals surface area contributed by atoms with E-state index in [2.05, 4.69) is 15.5 Å². The third-order valence-corrected chi connectivity index (χ3v) is 4.62. The highest BCUT2D eigenvalue weighted by Crippen LogP contribution is 2.29. The van der Waals surface area contributed by atoms with E-state index in [1.807, 2.05) is 6.07 Å². The van der Waals surface area contributed by atoms with E-state index >= 15 is 0 Å². The quantitative estimate of drug-likeness (QED) is 0.903. The van der Waals surface area contributed by atoms with Crippen molar-refractivity contribution in [3.63, 3.8) is 0 Å². The number of aromatic nitrogens is 2. The lowest BCUT2D eigenvalue weighted by atomic mass is 9.83. The maximum Gasteiger partial charge on any atom is 0.235 e. The number of ether oxygens (including phenoxy) is 1. The molecule has 24 heavy (non-hydrogen) atoms. The number of aromatic amines is 1. The van der Waals surface area contributed by atoms with Gasteiger partial charge in [0, 0.05) is 36.5 Å². The second-order valence-corrected chi connectivity index (χ2v) is 6.65. The zero-order chi connectivity index (χ0) is 17.2. The normalized spacial score (nSPS) is 16.1. The summed E-state index contributed by atoms with van der Waals surface area (Å²) in [6.45, 7) is 4.89. The number of rotatable bonds is 4. The van der Waals surface area contributed by atoms with Gasteiger partial charge in [-0.05, 0) is 32.8 Å². The predicted molar refractivity (Wildman–Crippen MR) is 89.4 cm³/mol. The van der Waals surface area contributed by atoms with Crippen LogP contribution in [0.25, 0.3) is 0 Å². The summed E-state index contributed by atoms with van der Waals surface area (Å²) >= 11 is 0. The van der Waals surface area contributed by atoms with Gasteiger partial charge in [0.25, 0.3) is 0 Å². The second kappa shape index (κ2) is 6.73. The van der Waals surface area contributed by atoms with E-state index < -0.39 is 5.41 Å². The minimum absolute atomic E-state index is 0.294. The summed E-state index contributed by atoms with van der Waals surface area (Å²) in [6, 6.07) is 8.19. The Labute approximate surface area is 140 Å². The molecule has 2 heterocycles. The Hall–Kier alpha value is -2.21. The summed E-state index contributed by atoms with van der Waals surface area (Å²) in [6.07, 6.45) is 1.88. The topological polar surface area (TPSA) is 67.0 Å². The molecule has 0 spiro atoms. The van der Waals surface area contributed by atoms with Gasteiger partial charge in [-0.3, -0.25) is 9.89 Å². The first kappa shape index (κ1) is 16.6. The summed E-state index contributed by atoms with van der Waals surface area (Å²) < 4.78 is 19.4. The Kier molecular flexibility index (Phi) is 4.66. The minimum Gasteiger partial charge on any atom is -0.381 e. The van der Waals surface area contributed by atoms with Crippen LogP contribution in [0.2, 0.25) is 0 Å². The summed E-state index contributed by atoms with van der Waals surface area (Å²) in [4.78, 5) is 12.6. The fraction of sp³-hybridized carbons (Fsp3) is 0.444. The molecule has 0 bridgehead atoms. The van der Waals surface area contributed by atoms with Crippen LogP contribution >= 0.6 is 0 Å². The van der Waals surface area contributed by atoms with E-state index in [4.69, 9.17) is 4.74 Å². The zero-order valence-corrected chi connectivity index (χ0v) is 13.9. The van der Waals surface area contributed by atoms with E-state index in [9.17, 15) is 9.18 Å².